The van der Waals surface area contributed by atoms with Crippen LogP contribution in [-0.4, -0.2) is 71.9 Å². The SMILES string of the molecule is CC(C)CC(NC(=O)CNC(=O)C(N)CC(N)=O)C(=O)NC(CCCN=C(N)N)C(=O)O. The Morgan fingerprint density at radius 2 is 1.59 bits per heavy atom. The van der Waals surface area contributed by atoms with Gasteiger partial charge in [-0.3, -0.25) is 24.2 Å². The van der Waals surface area contributed by atoms with Crippen LogP contribution in [0.2, 0.25) is 0 Å². The standard InChI is InChI=1S/C18H34N8O6/c1-9(2)6-12(25-14(28)8-24-15(29)10(19)7-13(20)27)16(30)26-11(17(31)32)4-3-5-23-18(21)22/h9-12H,3-8,19H2,1-2H3,(H2,20,27)(H,24,29)(H,25,28)(H,26,30)(H,31,32)(H4,21,22,23). The highest BCUT2D eigenvalue weighted by Gasteiger charge is 2.27. The van der Waals surface area contributed by atoms with E-state index in [0.29, 0.717) is 6.42 Å². The number of nitrogens with one attached hydrogen (secondary N) is 3. The molecule has 0 fully saturated rings. The van der Waals surface area contributed by atoms with Gasteiger partial charge in [0.05, 0.1) is 19.0 Å². The zero-order valence-electron chi connectivity index (χ0n) is 18.3. The highest BCUT2D eigenvalue weighted by molar-refractivity contribution is 5.93. The molecule has 12 N–H and O–H groups in total. The summed E-state index contributed by atoms with van der Waals surface area (Å²) >= 11 is 0. The first-order chi connectivity index (χ1) is 14.8. The topological polar surface area (TPSA) is 258 Å². The lowest BCUT2D eigenvalue weighted by molar-refractivity contribution is -0.142. The van der Waals surface area contributed by atoms with Gasteiger partial charge in [-0.05, 0) is 25.2 Å². The largest absolute Gasteiger partial charge is 0.480 e. The molecule has 14 nitrogen and oxygen atoms in total. The van der Waals surface area contributed by atoms with Crippen LogP contribution in [0.5, 0.6) is 0 Å². The van der Waals surface area contributed by atoms with Crippen molar-refractivity contribution in [1.29, 1.82) is 0 Å². The number of aliphatic imine (C=N–C) groups is 1. The third-order valence-electron chi connectivity index (χ3n) is 4.10. The summed E-state index contributed by atoms with van der Waals surface area (Å²) in [5.74, 6) is -4.26. The van der Waals surface area contributed by atoms with E-state index in [2.05, 4.69) is 20.9 Å². The van der Waals surface area contributed by atoms with Crippen molar-refractivity contribution in [1.82, 2.24) is 16.0 Å². The third-order valence-corrected chi connectivity index (χ3v) is 4.10. The average molecular weight is 459 g/mol. The predicted octanol–water partition coefficient (Wildman–Crippen LogP) is -3.54. The van der Waals surface area contributed by atoms with E-state index < -0.39 is 54.3 Å². The molecule has 0 rings (SSSR count). The maximum atomic E-state index is 12.6. The Labute approximate surface area is 185 Å². The summed E-state index contributed by atoms with van der Waals surface area (Å²) in [5, 5.41) is 16.5. The minimum atomic E-state index is -1.24. The molecule has 0 saturated carbocycles. The van der Waals surface area contributed by atoms with Gasteiger partial charge in [-0.1, -0.05) is 13.8 Å². The van der Waals surface area contributed by atoms with Crippen molar-refractivity contribution in [3.8, 4) is 0 Å². The fraction of sp³-hybridized carbons (Fsp3) is 0.667. The minimum Gasteiger partial charge on any atom is -0.480 e. The normalized spacial score (nSPS) is 13.4. The summed E-state index contributed by atoms with van der Waals surface area (Å²) < 4.78 is 0. The van der Waals surface area contributed by atoms with E-state index in [1.54, 1.807) is 0 Å². The highest BCUT2D eigenvalue weighted by Crippen LogP contribution is 2.07. The van der Waals surface area contributed by atoms with Crippen LogP contribution in [0.4, 0.5) is 0 Å². The molecule has 0 aliphatic rings. The fourth-order valence-corrected chi connectivity index (χ4v) is 2.59. The van der Waals surface area contributed by atoms with Gasteiger partial charge in [-0.2, -0.15) is 0 Å². The van der Waals surface area contributed by atoms with Crippen LogP contribution in [0, 0.1) is 5.92 Å². The van der Waals surface area contributed by atoms with Gasteiger partial charge in [0.1, 0.15) is 12.1 Å². The molecule has 0 bridgehead atoms. The second kappa shape index (κ2) is 14.6. The van der Waals surface area contributed by atoms with E-state index in [4.69, 9.17) is 22.9 Å². The predicted molar refractivity (Wildman–Crippen MR) is 116 cm³/mol. The summed E-state index contributed by atoms with van der Waals surface area (Å²) in [6.45, 7) is 3.35. The number of guanidine groups is 1. The van der Waals surface area contributed by atoms with Crippen LogP contribution >= 0.6 is 0 Å². The number of carboxylic acids is 1. The van der Waals surface area contributed by atoms with Crippen molar-refractivity contribution in [2.24, 2.45) is 33.8 Å². The Morgan fingerprint density at radius 1 is 0.969 bits per heavy atom. The van der Waals surface area contributed by atoms with Gasteiger partial charge in [-0.25, -0.2) is 4.79 Å². The number of nitrogens with two attached hydrogens (primary N) is 4. The van der Waals surface area contributed by atoms with Gasteiger partial charge in [0.2, 0.25) is 23.6 Å². The Bertz CT molecular complexity index is 708. The maximum absolute atomic E-state index is 12.6. The Balaban J connectivity index is 4.92. The summed E-state index contributed by atoms with van der Waals surface area (Å²) in [5.41, 5.74) is 20.9. The van der Waals surface area contributed by atoms with Gasteiger partial charge in [-0.15, -0.1) is 0 Å². The Hall–Kier alpha value is -3.42. The molecule has 0 aromatic rings. The van der Waals surface area contributed by atoms with Crippen LogP contribution in [0.3, 0.4) is 0 Å². The van der Waals surface area contributed by atoms with Gasteiger partial charge < -0.3 is 44.0 Å². The summed E-state index contributed by atoms with van der Waals surface area (Å²) in [4.78, 5) is 62.6. The number of amides is 4. The molecular weight excluding hydrogens is 424 g/mol. The molecular formula is C18H34N8O6. The fourth-order valence-electron chi connectivity index (χ4n) is 2.59. The van der Waals surface area contributed by atoms with E-state index in [9.17, 15) is 29.1 Å². The molecule has 0 aromatic heterocycles. The monoisotopic (exact) mass is 458 g/mol. The molecule has 14 heteroatoms. The molecule has 0 spiro atoms. The van der Waals surface area contributed by atoms with Crippen molar-refractivity contribution < 1.29 is 29.1 Å². The molecule has 0 radical (unpaired) electrons. The van der Waals surface area contributed by atoms with Crippen molar-refractivity contribution >= 4 is 35.6 Å². The summed E-state index contributed by atoms with van der Waals surface area (Å²) in [7, 11) is 0. The minimum absolute atomic E-state index is 0.00484. The number of hydrogen-bond donors (Lipinski definition) is 8. The molecule has 0 aliphatic carbocycles. The maximum Gasteiger partial charge on any atom is 0.326 e. The van der Waals surface area contributed by atoms with Crippen LogP contribution in [0.15, 0.2) is 4.99 Å². The van der Waals surface area contributed by atoms with Crippen LogP contribution in [0.1, 0.15) is 39.5 Å². The van der Waals surface area contributed by atoms with Crippen molar-refractivity contribution in [3.63, 3.8) is 0 Å². The number of carbonyl (C=O) groups excluding carboxylic acids is 4. The smallest absolute Gasteiger partial charge is 0.326 e. The van der Waals surface area contributed by atoms with E-state index >= 15 is 0 Å². The number of rotatable bonds is 15. The zero-order chi connectivity index (χ0) is 24.8. The number of carbonyl (C=O) groups is 5. The van der Waals surface area contributed by atoms with Crippen LogP contribution in [0.25, 0.3) is 0 Å². The Morgan fingerprint density at radius 3 is 2.09 bits per heavy atom. The lowest BCUT2D eigenvalue weighted by atomic mass is 10.0. The first-order valence-electron chi connectivity index (χ1n) is 10.0. The first kappa shape index (κ1) is 28.6. The number of nitrogens with zero attached hydrogens (tertiary/aromatic N) is 1. The number of primary amides is 1. The summed E-state index contributed by atoms with van der Waals surface area (Å²) in [6.07, 6.45) is 0.237. The zero-order valence-corrected chi connectivity index (χ0v) is 18.3. The van der Waals surface area contributed by atoms with E-state index in [0.717, 1.165) is 0 Å². The molecule has 4 amide bonds. The summed E-state index contributed by atoms with van der Waals surface area (Å²) in [6, 6.07) is -3.43. The van der Waals surface area contributed by atoms with Crippen molar-refractivity contribution in [3.05, 3.63) is 0 Å². The van der Waals surface area contributed by atoms with Gasteiger partial charge in [0.25, 0.3) is 0 Å². The lowest BCUT2D eigenvalue weighted by Gasteiger charge is -2.23. The molecule has 182 valence electrons. The quantitative estimate of drug-likeness (QED) is 0.0685. The van der Waals surface area contributed by atoms with Gasteiger partial charge in [0, 0.05) is 6.54 Å². The van der Waals surface area contributed by atoms with Crippen LogP contribution in [-0.2, 0) is 24.0 Å². The van der Waals surface area contributed by atoms with E-state index in [1.165, 1.54) is 0 Å². The van der Waals surface area contributed by atoms with Crippen molar-refractivity contribution in [2.45, 2.75) is 57.7 Å². The molecule has 0 heterocycles. The second-order valence-corrected chi connectivity index (χ2v) is 7.59. The first-order valence-corrected chi connectivity index (χ1v) is 10.0. The third kappa shape index (κ3) is 13.0. The number of carboxylic acid groups (broad SMARTS) is 1. The number of aliphatic carboxylic acids is 1. The molecule has 3 unspecified atom stereocenters. The van der Waals surface area contributed by atoms with E-state index in [-0.39, 0.29) is 37.7 Å². The molecule has 0 aromatic carbocycles. The second-order valence-electron chi connectivity index (χ2n) is 7.59. The molecule has 0 aliphatic heterocycles. The van der Waals surface area contributed by atoms with Crippen LogP contribution < -0.4 is 38.9 Å². The van der Waals surface area contributed by atoms with Gasteiger partial charge >= 0.3 is 5.97 Å². The lowest BCUT2D eigenvalue weighted by Crippen LogP contribution is -2.54. The van der Waals surface area contributed by atoms with Gasteiger partial charge in [0.15, 0.2) is 5.96 Å². The number of hydrogen-bond acceptors (Lipinski definition) is 7. The highest BCUT2D eigenvalue weighted by atomic mass is 16.4. The van der Waals surface area contributed by atoms with E-state index in [1.807, 2.05) is 13.8 Å². The average Bonchev–Trinajstić information content (AvgIpc) is 2.66. The molecule has 0 saturated heterocycles. The molecule has 3 atom stereocenters. The Kier molecular flexibility index (Phi) is 13.0. The molecule has 32 heavy (non-hydrogen) atoms. The van der Waals surface area contributed by atoms with Crippen molar-refractivity contribution in [2.75, 3.05) is 13.1 Å².